The van der Waals surface area contributed by atoms with Gasteiger partial charge in [0.15, 0.2) is 5.84 Å². The number of aromatic nitrogens is 2. The molecule has 0 atom stereocenters. The summed E-state index contributed by atoms with van der Waals surface area (Å²) in [5, 5.41) is 12.6. The first-order chi connectivity index (χ1) is 8.70. The molecule has 0 aliphatic rings. The molecule has 0 saturated heterocycles. The molecule has 18 heavy (non-hydrogen) atoms. The van der Waals surface area contributed by atoms with Crippen LogP contribution in [-0.2, 0) is 0 Å². The third-order valence-corrected chi connectivity index (χ3v) is 3.60. The molecule has 1 aromatic heterocycles. The Labute approximate surface area is 116 Å². The maximum absolute atomic E-state index is 8.76. The Hall–Kier alpha value is -1.60. The van der Waals surface area contributed by atoms with Crippen LogP contribution in [0.25, 0.3) is 0 Å². The normalized spacial score (nSPS) is 11.5. The summed E-state index contributed by atoms with van der Waals surface area (Å²) in [6.45, 7) is 0. The first kappa shape index (κ1) is 12.8. The molecule has 0 unspecified atom stereocenters. The van der Waals surface area contributed by atoms with Crippen molar-refractivity contribution >= 4 is 33.5 Å². The van der Waals surface area contributed by atoms with Gasteiger partial charge in [0, 0.05) is 21.1 Å². The molecule has 0 amide bonds. The van der Waals surface area contributed by atoms with Gasteiger partial charge in [0.1, 0.15) is 11.4 Å². The lowest BCUT2D eigenvalue weighted by molar-refractivity contribution is 0.318. The smallest absolute Gasteiger partial charge is 0.171 e. The standard InChI is InChI=1S/C11H9BrN4OS/c12-7-1-2-8(11(13)16-17)9(5-7)18-10-3-4-14-6-15-10/h1-6,17H,(H2,13,16). The third kappa shape index (κ3) is 2.99. The highest BCUT2D eigenvalue weighted by Gasteiger charge is 2.09. The minimum Gasteiger partial charge on any atom is -0.409 e. The van der Waals surface area contributed by atoms with E-state index >= 15 is 0 Å². The molecule has 0 aliphatic heterocycles. The second kappa shape index (κ2) is 5.83. The van der Waals surface area contributed by atoms with Crippen LogP contribution in [0.2, 0.25) is 0 Å². The van der Waals surface area contributed by atoms with E-state index in [2.05, 4.69) is 31.1 Å². The van der Waals surface area contributed by atoms with Crippen LogP contribution in [0.1, 0.15) is 5.56 Å². The van der Waals surface area contributed by atoms with Gasteiger partial charge in [-0.15, -0.1) is 0 Å². The lowest BCUT2D eigenvalue weighted by atomic mass is 10.2. The van der Waals surface area contributed by atoms with Crippen molar-refractivity contribution in [3.63, 3.8) is 0 Å². The fourth-order valence-electron chi connectivity index (χ4n) is 1.30. The molecule has 2 rings (SSSR count). The molecule has 2 aromatic rings. The molecule has 0 bridgehead atoms. The minimum atomic E-state index is 0.0686. The van der Waals surface area contributed by atoms with E-state index in [9.17, 15) is 0 Å². The van der Waals surface area contributed by atoms with Gasteiger partial charge in [-0.2, -0.15) is 0 Å². The maximum Gasteiger partial charge on any atom is 0.171 e. The molecule has 0 aliphatic carbocycles. The van der Waals surface area contributed by atoms with Gasteiger partial charge >= 0.3 is 0 Å². The van der Waals surface area contributed by atoms with Crippen LogP contribution in [0.4, 0.5) is 0 Å². The predicted octanol–water partition coefficient (Wildman–Crippen LogP) is 2.48. The van der Waals surface area contributed by atoms with Crippen molar-refractivity contribution < 1.29 is 5.21 Å². The molecule has 3 N–H and O–H groups in total. The molecule has 1 heterocycles. The second-order valence-electron chi connectivity index (χ2n) is 3.28. The van der Waals surface area contributed by atoms with Crippen molar-refractivity contribution in [2.75, 3.05) is 0 Å². The summed E-state index contributed by atoms with van der Waals surface area (Å²) in [5.41, 5.74) is 6.29. The van der Waals surface area contributed by atoms with E-state index in [-0.39, 0.29) is 5.84 Å². The molecule has 5 nitrogen and oxygen atoms in total. The third-order valence-electron chi connectivity index (χ3n) is 2.10. The summed E-state index contributed by atoms with van der Waals surface area (Å²) in [6.07, 6.45) is 3.14. The number of halogens is 1. The highest BCUT2D eigenvalue weighted by molar-refractivity contribution is 9.10. The van der Waals surface area contributed by atoms with Gasteiger partial charge in [0.05, 0.1) is 0 Å². The van der Waals surface area contributed by atoms with E-state index in [1.165, 1.54) is 18.1 Å². The summed E-state index contributed by atoms with van der Waals surface area (Å²) < 4.78 is 0.911. The lowest BCUT2D eigenvalue weighted by Crippen LogP contribution is -2.14. The quantitative estimate of drug-likeness (QED) is 0.298. The molecule has 1 aromatic carbocycles. The predicted molar refractivity (Wildman–Crippen MR) is 72.8 cm³/mol. The number of hydrogen-bond acceptors (Lipinski definition) is 5. The summed E-state index contributed by atoms with van der Waals surface area (Å²) in [5.74, 6) is 0.0686. The zero-order chi connectivity index (χ0) is 13.0. The zero-order valence-electron chi connectivity index (χ0n) is 9.12. The number of benzene rings is 1. The Morgan fingerprint density at radius 2 is 2.22 bits per heavy atom. The summed E-state index contributed by atoms with van der Waals surface area (Å²) in [7, 11) is 0. The van der Waals surface area contributed by atoms with E-state index in [0.29, 0.717) is 5.56 Å². The minimum absolute atomic E-state index is 0.0686. The first-order valence-corrected chi connectivity index (χ1v) is 6.53. The molecule has 0 fully saturated rings. The fraction of sp³-hybridized carbons (Fsp3) is 0. The Bertz CT molecular complexity index is 577. The number of amidine groups is 1. The number of oxime groups is 1. The van der Waals surface area contributed by atoms with Crippen LogP contribution < -0.4 is 5.73 Å². The first-order valence-electron chi connectivity index (χ1n) is 4.92. The Morgan fingerprint density at radius 3 is 2.89 bits per heavy atom. The Morgan fingerprint density at radius 1 is 1.39 bits per heavy atom. The molecule has 0 saturated carbocycles. The van der Waals surface area contributed by atoms with Crippen molar-refractivity contribution in [1.29, 1.82) is 0 Å². The van der Waals surface area contributed by atoms with Gasteiger partial charge in [-0.25, -0.2) is 9.97 Å². The van der Waals surface area contributed by atoms with Gasteiger partial charge in [0.2, 0.25) is 0 Å². The fourth-order valence-corrected chi connectivity index (χ4v) is 2.73. The second-order valence-corrected chi connectivity index (χ2v) is 5.25. The van der Waals surface area contributed by atoms with Crippen LogP contribution in [0.5, 0.6) is 0 Å². The van der Waals surface area contributed by atoms with Gasteiger partial charge in [0.25, 0.3) is 0 Å². The maximum atomic E-state index is 8.76. The summed E-state index contributed by atoms with van der Waals surface area (Å²) in [4.78, 5) is 8.83. The molecule has 0 radical (unpaired) electrons. The molecule has 7 heteroatoms. The summed E-state index contributed by atoms with van der Waals surface area (Å²) >= 11 is 4.81. The van der Waals surface area contributed by atoms with Gasteiger partial charge in [-0.05, 0) is 24.3 Å². The van der Waals surface area contributed by atoms with Crippen molar-refractivity contribution in [3.05, 3.63) is 46.8 Å². The van der Waals surface area contributed by atoms with Gasteiger partial charge in [-0.1, -0.05) is 32.8 Å². The monoisotopic (exact) mass is 324 g/mol. The van der Waals surface area contributed by atoms with Crippen LogP contribution in [0.3, 0.4) is 0 Å². The van der Waals surface area contributed by atoms with Crippen LogP contribution in [0.15, 0.2) is 56.3 Å². The van der Waals surface area contributed by atoms with Crippen molar-refractivity contribution in [2.24, 2.45) is 10.9 Å². The number of rotatable bonds is 3. The number of nitrogens with two attached hydrogens (primary N) is 1. The molecular weight excluding hydrogens is 316 g/mol. The number of nitrogens with zero attached hydrogens (tertiary/aromatic N) is 3. The SMILES string of the molecule is N/C(=N/O)c1ccc(Br)cc1Sc1ccncn1. The lowest BCUT2D eigenvalue weighted by Gasteiger charge is -2.07. The van der Waals surface area contributed by atoms with Crippen LogP contribution >= 0.6 is 27.7 Å². The Balaban J connectivity index is 2.40. The average Bonchev–Trinajstić information content (AvgIpc) is 2.39. The van der Waals surface area contributed by atoms with Gasteiger partial charge < -0.3 is 10.9 Å². The van der Waals surface area contributed by atoms with Crippen molar-refractivity contribution in [3.8, 4) is 0 Å². The van der Waals surface area contributed by atoms with Crippen molar-refractivity contribution in [2.45, 2.75) is 9.92 Å². The zero-order valence-corrected chi connectivity index (χ0v) is 11.5. The highest BCUT2D eigenvalue weighted by atomic mass is 79.9. The van der Waals surface area contributed by atoms with E-state index in [0.717, 1.165) is 14.4 Å². The van der Waals surface area contributed by atoms with E-state index in [4.69, 9.17) is 10.9 Å². The van der Waals surface area contributed by atoms with Crippen LogP contribution in [-0.4, -0.2) is 21.0 Å². The van der Waals surface area contributed by atoms with E-state index in [1.54, 1.807) is 18.3 Å². The molecule has 0 spiro atoms. The van der Waals surface area contributed by atoms with E-state index in [1.807, 2.05) is 12.1 Å². The summed E-state index contributed by atoms with van der Waals surface area (Å²) in [6, 6.07) is 7.29. The van der Waals surface area contributed by atoms with Crippen molar-refractivity contribution in [1.82, 2.24) is 9.97 Å². The number of hydrogen-bond donors (Lipinski definition) is 2. The van der Waals surface area contributed by atoms with Crippen LogP contribution in [0, 0.1) is 0 Å². The van der Waals surface area contributed by atoms with Gasteiger partial charge in [-0.3, -0.25) is 0 Å². The molecular formula is C11H9BrN4OS. The largest absolute Gasteiger partial charge is 0.409 e. The average molecular weight is 325 g/mol. The topological polar surface area (TPSA) is 84.4 Å². The Kier molecular flexibility index (Phi) is 4.16. The van der Waals surface area contributed by atoms with E-state index < -0.39 is 0 Å². The highest BCUT2D eigenvalue weighted by Crippen LogP contribution is 2.31. The molecule has 92 valence electrons.